The fraction of sp³-hybridized carbons (Fsp3) is 0.231. The lowest BCUT2D eigenvalue weighted by Gasteiger charge is -2.26. The molecule has 2 aliphatic heterocycles. The van der Waals surface area contributed by atoms with E-state index in [9.17, 15) is 4.39 Å². The summed E-state index contributed by atoms with van der Waals surface area (Å²) in [4.78, 5) is 13.5. The quantitative estimate of drug-likeness (QED) is 0.604. The van der Waals surface area contributed by atoms with Crippen LogP contribution < -0.4 is 15.2 Å². The average Bonchev–Trinajstić information content (AvgIpc) is 3.46. The Labute approximate surface area is 191 Å². The van der Waals surface area contributed by atoms with Gasteiger partial charge in [-0.05, 0) is 53.4 Å². The van der Waals surface area contributed by atoms with E-state index >= 15 is 0 Å². The van der Waals surface area contributed by atoms with Crippen LogP contribution in [0.1, 0.15) is 23.6 Å². The maximum Gasteiger partial charge on any atom is 0.283 e. The third-order valence-corrected chi connectivity index (χ3v) is 5.73. The number of benzene rings is 3. The average molecular weight is 448 g/mol. The van der Waals surface area contributed by atoms with Crippen molar-refractivity contribution in [3.63, 3.8) is 0 Å². The number of halogens is 1. The molecular weight excluding hydrogens is 423 g/mol. The number of carbonyl (C=O) groups excluding carboxylic acids is 1. The highest BCUT2D eigenvalue weighted by Gasteiger charge is 2.41. The van der Waals surface area contributed by atoms with Crippen molar-refractivity contribution < 1.29 is 23.4 Å². The largest absolute Gasteiger partial charge is 0.494 e. The highest BCUT2D eigenvalue weighted by molar-refractivity contribution is 5.76. The van der Waals surface area contributed by atoms with E-state index in [2.05, 4.69) is 11.1 Å². The molecule has 2 aliphatic rings. The SMILES string of the molecule is CC=O.COc1cccc(-c2cccc(C3(c4ccc5c(c4)CCO5)COC(N)=N3)c2)c1F. The van der Waals surface area contributed by atoms with Gasteiger partial charge in [0, 0.05) is 12.0 Å². The van der Waals surface area contributed by atoms with E-state index in [1.54, 1.807) is 18.2 Å². The molecule has 0 saturated carbocycles. The molecule has 0 aromatic heterocycles. The monoisotopic (exact) mass is 448 g/mol. The molecule has 2 N–H and O–H groups in total. The van der Waals surface area contributed by atoms with Crippen LogP contribution in [0.4, 0.5) is 4.39 Å². The minimum Gasteiger partial charge on any atom is -0.494 e. The van der Waals surface area contributed by atoms with Gasteiger partial charge in [0.15, 0.2) is 17.1 Å². The summed E-state index contributed by atoms with van der Waals surface area (Å²) < 4.78 is 31.3. The lowest BCUT2D eigenvalue weighted by atomic mass is 9.82. The smallest absolute Gasteiger partial charge is 0.283 e. The zero-order chi connectivity index (χ0) is 23.4. The molecule has 0 spiro atoms. The van der Waals surface area contributed by atoms with E-state index in [0.717, 1.165) is 40.7 Å². The Morgan fingerprint density at radius 1 is 1.09 bits per heavy atom. The molecule has 2 heterocycles. The highest BCUT2D eigenvalue weighted by atomic mass is 19.1. The van der Waals surface area contributed by atoms with E-state index in [4.69, 9.17) is 24.7 Å². The molecular formula is C26H25FN2O4. The Bertz CT molecular complexity index is 1210. The number of aliphatic imine (C=N–C) groups is 1. The van der Waals surface area contributed by atoms with Gasteiger partial charge in [-0.25, -0.2) is 9.38 Å². The second-order valence-corrected chi connectivity index (χ2v) is 7.66. The van der Waals surface area contributed by atoms with Gasteiger partial charge in [0.25, 0.3) is 6.02 Å². The van der Waals surface area contributed by atoms with Gasteiger partial charge in [-0.15, -0.1) is 0 Å². The molecule has 3 aromatic carbocycles. The third kappa shape index (κ3) is 4.14. The number of hydrogen-bond donors (Lipinski definition) is 1. The number of ether oxygens (including phenoxy) is 3. The molecule has 170 valence electrons. The molecule has 1 atom stereocenters. The number of amidine groups is 1. The van der Waals surface area contributed by atoms with Gasteiger partial charge in [0.2, 0.25) is 0 Å². The van der Waals surface area contributed by atoms with Crippen LogP contribution in [0, 0.1) is 5.82 Å². The Kier molecular flexibility index (Phi) is 6.31. The number of nitrogens with two attached hydrogens (primary N) is 1. The molecule has 0 amide bonds. The van der Waals surface area contributed by atoms with Crippen LogP contribution in [0.5, 0.6) is 11.5 Å². The second kappa shape index (κ2) is 9.32. The van der Waals surface area contributed by atoms with Gasteiger partial charge < -0.3 is 24.7 Å². The van der Waals surface area contributed by atoms with E-state index in [1.807, 2.05) is 36.4 Å². The fourth-order valence-electron chi connectivity index (χ4n) is 4.17. The normalized spacial score (nSPS) is 18.2. The van der Waals surface area contributed by atoms with Gasteiger partial charge >= 0.3 is 0 Å². The summed E-state index contributed by atoms with van der Waals surface area (Å²) >= 11 is 0. The van der Waals surface area contributed by atoms with E-state index in [-0.39, 0.29) is 18.4 Å². The standard InChI is InChI=1S/C24H21FN2O3.C2H4O/c1-28-21-7-3-6-19(22(21)25)15-4-2-5-17(12-15)24(14-30-23(26)27-24)18-8-9-20-16(13-18)10-11-29-20;1-2-3/h2-9,12-13H,10-11,14H2,1H3,(H2,26,27);2H,1H3. The first-order valence-corrected chi connectivity index (χ1v) is 10.6. The molecule has 1 unspecified atom stereocenters. The van der Waals surface area contributed by atoms with Crippen molar-refractivity contribution in [2.75, 3.05) is 20.3 Å². The van der Waals surface area contributed by atoms with Crippen molar-refractivity contribution in [2.45, 2.75) is 18.9 Å². The van der Waals surface area contributed by atoms with Crippen molar-refractivity contribution in [3.05, 3.63) is 83.2 Å². The summed E-state index contributed by atoms with van der Waals surface area (Å²) in [6.45, 7) is 2.40. The van der Waals surface area contributed by atoms with Crippen molar-refractivity contribution >= 4 is 12.3 Å². The van der Waals surface area contributed by atoms with Crippen LogP contribution in [-0.4, -0.2) is 32.6 Å². The van der Waals surface area contributed by atoms with E-state index < -0.39 is 11.4 Å². The van der Waals surface area contributed by atoms with Crippen LogP contribution in [0.15, 0.2) is 65.7 Å². The maximum atomic E-state index is 14.9. The summed E-state index contributed by atoms with van der Waals surface area (Å²) in [5.74, 6) is 0.709. The maximum absolute atomic E-state index is 14.9. The minimum absolute atomic E-state index is 0.143. The number of carbonyl (C=O) groups is 1. The fourth-order valence-corrected chi connectivity index (χ4v) is 4.17. The number of rotatable bonds is 4. The zero-order valence-electron chi connectivity index (χ0n) is 18.5. The number of aldehydes is 1. The van der Waals surface area contributed by atoms with Crippen molar-refractivity contribution in [1.29, 1.82) is 0 Å². The van der Waals surface area contributed by atoms with Crippen LogP contribution in [0.3, 0.4) is 0 Å². The van der Waals surface area contributed by atoms with Crippen LogP contribution in [0.25, 0.3) is 11.1 Å². The molecule has 7 heteroatoms. The van der Waals surface area contributed by atoms with Gasteiger partial charge in [-0.3, -0.25) is 0 Å². The first-order valence-electron chi connectivity index (χ1n) is 10.6. The van der Waals surface area contributed by atoms with Crippen LogP contribution in [0.2, 0.25) is 0 Å². The number of methoxy groups -OCH3 is 1. The predicted molar refractivity (Wildman–Crippen MR) is 124 cm³/mol. The summed E-state index contributed by atoms with van der Waals surface area (Å²) in [7, 11) is 1.46. The molecule has 0 radical (unpaired) electrons. The Hall–Kier alpha value is -3.87. The molecule has 0 aliphatic carbocycles. The third-order valence-electron chi connectivity index (χ3n) is 5.73. The topological polar surface area (TPSA) is 83.1 Å². The van der Waals surface area contributed by atoms with Crippen molar-refractivity contribution in [3.8, 4) is 22.6 Å². The van der Waals surface area contributed by atoms with E-state index in [1.165, 1.54) is 14.0 Å². The predicted octanol–water partition coefficient (Wildman–Crippen LogP) is 4.23. The summed E-state index contributed by atoms with van der Waals surface area (Å²) in [6, 6.07) is 19.0. The zero-order valence-corrected chi connectivity index (χ0v) is 18.5. The molecule has 3 aromatic rings. The number of fused-ring (bicyclic) bond motifs is 1. The molecule has 33 heavy (non-hydrogen) atoms. The molecule has 0 fully saturated rings. The summed E-state index contributed by atoms with van der Waals surface area (Å²) in [5.41, 5.74) is 9.32. The van der Waals surface area contributed by atoms with Crippen LogP contribution in [-0.2, 0) is 21.5 Å². The first-order chi connectivity index (χ1) is 16.0. The number of nitrogens with zero attached hydrogens (tertiary/aromatic N) is 1. The van der Waals surface area contributed by atoms with Gasteiger partial charge in [-0.2, -0.15) is 0 Å². The Morgan fingerprint density at radius 2 is 1.85 bits per heavy atom. The lowest BCUT2D eigenvalue weighted by molar-refractivity contribution is -0.106. The molecule has 5 rings (SSSR count). The first kappa shape index (κ1) is 22.3. The summed E-state index contributed by atoms with van der Waals surface area (Å²) in [6.07, 6.45) is 1.61. The van der Waals surface area contributed by atoms with Crippen LogP contribution >= 0.6 is 0 Å². The molecule has 6 nitrogen and oxygen atoms in total. The Balaban J connectivity index is 0.000000821. The van der Waals surface area contributed by atoms with Crippen molar-refractivity contribution in [1.82, 2.24) is 0 Å². The van der Waals surface area contributed by atoms with E-state index in [0.29, 0.717) is 12.2 Å². The number of hydrogen-bond acceptors (Lipinski definition) is 6. The van der Waals surface area contributed by atoms with Gasteiger partial charge in [0.05, 0.1) is 13.7 Å². The van der Waals surface area contributed by atoms with Gasteiger partial charge in [0.1, 0.15) is 18.6 Å². The van der Waals surface area contributed by atoms with Crippen molar-refractivity contribution in [2.24, 2.45) is 10.7 Å². The second-order valence-electron chi connectivity index (χ2n) is 7.66. The lowest BCUT2D eigenvalue weighted by Crippen LogP contribution is -2.27. The summed E-state index contributed by atoms with van der Waals surface area (Å²) in [5, 5.41) is 0. The highest BCUT2D eigenvalue weighted by Crippen LogP contribution is 2.41. The minimum atomic E-state index is -0.799. The molecule has 0 bridgehead atoms. The molecule has 0 saturated heterocycles. The van der Waals surface area contributed by atoms with Gasteiger partial charge in [-0.1, -0.05) is 36.4 Å². The Morgan fingerprint density at radius 3 is 2.58 bits per heavy atom.